The Bertz CT molecular complexity index is 1090. The molecule has 0 spiro atoms. The molecular weight excluding hydrogens is 588 g/mol. The van der Waals surface area contributed by atoms with Gasteiger partial charge in [-0.2, -0.15) is 0 Å². The van der Waals surface area contributed by atoms with Gasteiger partial charge < -0.3 is 29.9 Å². The Labute approximate surface area is 286 Å². The van der Waals surface area contributed by atoms with E-state index in [1.807, 2.05) is 91.8 Å². The predicted octanol–water partition coefficient (Wildman–Crippen LogP) is 9.62. The summed E-state index contributed by atoms with van der Waals surface area (Å²) in [6, 6.07) is 11.6. The molecule has 0 radical (unpaired) electrons. The summed E-state index contributed by atoms with van der Waals surface area (Å²) < 4.78 is 12.9. The number of aliphatic hydroxyl groups is 4. The lowest BCUT2D eigenvalue weighted by Crippen LogP contribution is -2.33. The van der Waals surface area contributed by atoms with Crippen LogP contribution in [0.2, 0.25) is 0 Å². The van der Waals surface area contributed by atoms with Gasteiger partial charge in [0.25, 0.3) is 0 Å². The number of rotatable bonds is 20. The van der Waals surface area contributed by atoms with Gasteiger partial charge in [0.05, 0.1) is 35.6 Å². The topological polar surface area (TPSA) is 99.4 Å². The van der Waals surface area contributed by atoms with Gasteiger partial charge >= 0.3 is 0 Å². The van der Waals surface area contributed by atoms with Crippen LogP contribution in [0.5, 0.6) is 11.5 Å². The van der Waals surface area contributed by atoms with E-state index in [0.29, 0.717) is 76.1 Å². The highest BCUT2D eigenvalue weighted by Gasteiger charge is 2.35. The molecule has 2 rings (SSSR count). The van der Waals surface area contributed by atoms with E-state index in [0.717, 1.165) is 28.7 Å². The highest BCUT2D eigenvalue weighted by atomic mass is 16.5. The summed E-state index contributed by atoms with van der Waals surface area (Å²) in [4.78, 5) is 0. The molecule has 0 saturated carbocycles. The van der Waals surface area contributed by atoms with Crippen molar-refractivity contribution in [1.82, 2.24) is 0 Å². The summed E-state index contributed by atoms with van der Waals surface area (Å²) in [5, 5.41) is 45.6. The summed E-state index contributed by atoms with van der Waals surface area (Å²) in [6.45, 7) is 25.5. The van der Waals surface area contributed by atoms with E-state index in [2.05, 4.69) is 27.7 Å². The fourth-order valence-corrected chi connectivity index (χ4v) is 7.03. The average Bonchev–Trinajstić information content (AvgIpc) is 3.07. The highest BCUT2D eigenvalue weighted by Crippen LogP contribution is 2.41. The highest BCUT2D eigenvalue weighted by molar-refractivity contribution is 5.41. The van der Waals surface area contributed by atoms with E-state index in [4.69, 9.17) is 9.47 Å². The van der Waals surface area contributed by atoms with Crippen LogP contribution in [0.4, 0.5) is 0 Å². The van der Waals surface area contributed by atoms with Gasteiger partial charge in [-0.25, -0.2) is 0 Å². The van der Waals surface area contributed by atoms with Crippen molar-refractivity contribution in [2.75, 3.05) is 13.2 Å². The average molecular weight is 657 g/mol. The molecule has 268 valence electrons. The summed E-state index contributed by atoms with van der Waals surface area (Å²) in [5.74, 6) is 1.31. The molecule has 0 aromatic heterocycles. The molecule has 0 amide bonds. The van der Waals surface area contributed by atoms with Gasteiger partial charge in [-0.15, -0.1) is 0 Å². The molecule has 0 bridgehead atoms. The lowest BCUT2D eigenvalue weighted by Gasteiger charge is -2.36. The minimum absolute atomic E-state index is 0.219. The van der Waals surface area contributed by atoms with Crippen molar-refractivity contribution in [2.45, 2.75) is 163 Å². The fraction of sp³-hybridized carbons (Fsp3) is 0.707. The smallest absolute Gasteiger partial charge is 0.120 e. The zero-order valence-corrected chi connectivity index (χ0v) is 31.8. The van der Waals surface area contributed by atoms with Gasteiger partial charge in [-0.3, -0.25) is 0 Å². The molecule has 0 aliphatic heterocycles. The van der Waals surface area contributed by atoms with E-state index in [1.165, 1.54) is 0 Å². The van der Waals surface area contributed by atoms with Crippen molar-refractivity contribution in [3.8, 4) is 11.5 Å². The van der Waals surface area contributed by atoms with Crippen LogP contribution in [-0.4, -0.2) is 33.6 Å². The standard InChI is InChI=1S/C41H68O6/c1-13-38(42,14-2)30-21-31(39(43,15-3)16-4)24-34(23-30)46-28-36(9,10)27-37(11,12)29-47-35-25-32(40(44,17-5)18-6)22-33(26-35)41(45,19-7)20-8/h21-26,42-45H,13-20,27-29H2,1-12H3. The van der Waals surface area contributed by atoms with Gasteiger partial charge in [-0.05, 0) is 127 Å². The normalized spacial score (nSPS) is 13.6. The zero-order valence-electron chi connectivity index (χ0n) is 31.8. The molecule has 4 N–H and O–H groups in total. The van der Waals surface area contributed by atoms with Crippen molar-refractivity contribution < 1.29 is 29.9 Å². The Morgan fingerprint density at radius 3 is 0.809 bits per heavy atom. The molecule has 0 aliphatic rings. The van der Waals surface area contributed by atoms with Gasteiger partial charge in [0.15, 0.2) is 0 Å². The molecule has 0 saturated heterocycles. The number of benzene rings is 2. The van der Waals surface area contributed by atoms with Crippen molar-refractivity contribution in [3.63, 3.8) is 0 Å². The Hall–Kier alpha value is -2.12. The van der Waals surface area contributed by atoms with Gasteiger partial charge in [0, 0.05) is 0 Å². The van der Waals surface area contributed by atoms with E-state index >= 15 is 0 Å². The Morgan fingerprint density at radius 2 is 0.617 bits per heavy atom. The molecule has 0 unspecified atom stereocenters. The first kappa shape index (κ1) is 41.1. The minimum atomic E-state index is -0.990. The third-order valence-corrected chi connectivity index (χ3v) is 10.9. The van der Waals surface area contributed by atoms with E-state index in [1.54, 1.807) is 0 Å². The Morgan fingerprint density at radius 1 is 0.404 bits per heavy atom. The third kappa shape index (κ3) is 9.97. The van der Waals surface area contributed by atoms with Crippen molar-refractivity contribution in [3.05, 3.63) is 58.7 Å². The van der Waals surface area contributed by atoms with E-state index in [9.17, 15) is 20.4 Å². The predicted molar refractivity (Wildman–Crippen MR) is 194 cm³/mol. The maximum Gasteiger partial charge on any atom is 0.120 e. The number of ether oxygens (including phenoxy) is 2. The summed E-state index contributed by atoms with van der Waals surface area (Å²) in [7, 11) is 0. The lowest BCUT2D eigenvalue weighted by molar-refractivity contribution is 0.0206. The van der Waals surface area contributed by atoms with Crippen LogP contribution in [0, 0.1) is 10.8 Å². The first-order valence-electron chi connectivity index (χ1n) is 18.2. The number of hydrogen-bond donors (Lipinski definition) is 4. The molecule has 47 heavy (non-hydrogen) atoms. The number of hydrogen-bond acceptors (Lipinski definition) is 6. The molecule has 0 fully saturated rings. The van der Waals surface area contributed by atoms with Crippen molar-refractivity contribution in [1.29, 1.82) is 0 Å². The van der Waals surface area contributed by atoms with E-state index < -0.39 is 22.4 Å². The minimum Gasteiger partial charge on any atom is -0.493 e. The molecule has 6 nitrogen and oxygen atoms in total. The second-order valence-corrected chi connectivity index (χ2v) is 15.5. The van der Waals surface area contributed by atoms with Gasteiger partial charge in [0.1, 0.15) is 11.5 Å². The van der Waals surface area contributed by atoms with Crippen molar-refractivity contribution in [2.24, 2.45) is 10.8 Å². The van der Waals surface area contributed by atoms with Crippen LogP contribution in [0.1, 0.15) is 163 Å². The second kappa shape index (κ2) is 16.1. The van der Waals surface area contributed by atoms with Crippen LogP contribution < -0.4 is 9.47 Å². The SMILES string of the molecule is CCC(O)(CC)c1cc(OCC(C)(C)CC(C)(C)COc2cc(C(O)(CC)CC)cc(C(O)(CC)CC)c2)cc(C(O)(CC)CC)c1. The van der Waals surface area contributed by atoms with Crippen LogP contribution in [0.25, 0.3) is 0 Å². The van der Waals surface area contributed by atoms with Crippen LogP contribution in [0.15, 0.2) is 36.4 Å². The van der Waals surface area contributed by atoms with Crippen LogP contribution in [0.3, 0.4) is 0 Å². The fourth-order valence-electron chi connectivity index (χ4n) is 7.03. The molecule has 0 atom stereocenters. The zero-order chi connectivity index (χ0) is 35.9. The molecule has 2 aromatic rings. The molecule has 0 aliphatic carbocycles. The van der Waals surface area contributed by atoms with Gasteiger partial charge in [0.2, 0.25) is 0 Å². The van der Waals surface area contributed by atoms with Gasteiger partial charge in [-0.1, -0.05) is 83.1 Å². The lowest BCUT2D eigenvalue weighted by atomic mass is 9.76. The van der Waals surface area contributed by atoms with Crippen LogP contribution >= 0.6 is 0 Å². The molecular formula is C41H68O6. The molecule has 0 heterocycles. The quantitative estimate of drug-likeness (QED) is 0.113. The molecule has 2 aromatic carbocycles. The van der Waals surface area contributed by atoms with Crippen LogP contribution in [-0.2, 0) is 22.4 Å². The summed E-state index contributed by atoms with van der Waals surface area (Å²) >= 11 is 0. The first-order valence-corrected chi connectivity index (χ1v) is 18.2. The largest absolute Gasteiger partial charge is 0.493 e. The van der Waals surface area contributed by atoms with Crippen molar-refractivity contribution >= 4 is 0 Å². The molecule has 6 heteroatoms. The maximum absolute atomic E-state index is 11.4. The second-order valence-electron chi connectivity index (χ2n) is 15.5. The summed E-state index contributed by atoms with van der Waals surface area (Å²) in [5.41, 5.74) is -1.29. The summed E-state index contributed by atoms with van der Waals surface area (Å²) in [6.07, 6.45) is 5.36. The Kier molecular flexibility index (Phi) is 14.0. The maximum atomic E-state index is 11.4. The monoisotopic (exact) mass is 657 g/mol. The third-order valence-electron chi connectivity index (χ3n) is 10.9. The Balaban J connectivity index is 2.32. The first-order chi connectivity index (χ1) is 21.8. The van der Waals surface area contributed by atoms with E-state index in [-0.39, 0.29) is 10.8 Å².